The summed E-state index contributed by atoms with van der Waals surface area (Å²) in [5.41, 5.74) is 1.84. The first-order valence-electron chi connectivity index (χ1n) is 7.77. The second kappa shape index (κ2) is 7.43. The topological polar surface area (TPSA) is 91.6 Å². The summed E-state index contributed by atoms with van der Waals surface area (Å²) in [4.78, 5) is 20.1. The number of aryl methyl sites for hydroxylation is 1. The Balaban J connectivity index is 1.50. The smallest absolute Gasteiger partial charge is 0.307 e. The van der Waals surface area contributed by atoms with Crippen molar-refractivity contribution in [3.63, 3.8) is 0 Å². The fourth-order valence-electron chi connectivity index (χ4n) is 2.27. The molecule has 0 radical (unpaired) electrons. The van der Waals surface area contributed by atoms with Crippen LogP contribution >= 0.6 is 11.3 Å². The summed E-state index contributed by atoms with van der Waals surface area (Å²) >= 11 is 1.02. The largest absolute Gasteiger partial charge is 0.494 e. The van der Waals surface area contributed by atoms with Gasteiger partial charge in [0.15, 0.2) is 0 Å². The highest BCUT2D eigenvalue weighted by molar-refractivity contribution is 7.09. The van der Waals surface area contributed by atoms with Crippen molar-refractivity contribution in [1.82, 2.24) is 9.97 Å². The van der Waals surface area contributed by atoms with E-state index in [9.17, 15) is 9.90 Å². The van der Waals surface area contributed by atoms with E-state index < -0.39 is 0 Å². The third kappa shape index (κ3) is 4.42. The first kappa shape index (κ1) is 17.1. The Morgan fingerprint density at radius 1 is 1.36 bits per heavy atom. The Morgan fingerprint density at radius 2 is 2.12 bits per heavy atom. The van der Waals surface area contributed by atoms with Gasteiger partial charge in [-0.15, -0.1) is 0 Å². The van der Waals surface area contributed by atoms with E-state index in [1.54, 1.807) is 6.26 Å². The van der Waals surface area contributed by atoms with Gasteiger partial charge < -0.3 is 19.2 Å². The molecule has 8 heteroatoms. The maximum atomic E-state index is 11.2. The molecule has 0 atom stereocenters. The maximum Gasteiger partial charge on any atom is 0.307 e. The van der Waals surface area contributed by atoms with Crippen LogP contribution in [0.1, 0.15) is 16.1 Å². The van der Waals surface area contributed by atoms with E-state index in [2.05, 4.69) is 9.97 Å². The second-order valence-electron chi connectivity index (χ2n) is 5.65. The summed E-state index contributed by atoms with van der Waals surface area (Å²) in [5, 5.41) is 9.62. The molecule has 2 aromatic heterocycles. The van der Waals surface area contributed by atoms with Gasteiger partial charge in [-0.25, -0.2) is 0 Å². The highest BCUT2D eigenvalue weighted by atomic mass is 32.1. The normalized spacial score (nSPS) is 10.8. The summed E-state index contributed by atoms with van der Waals surface area (Å²) < 4.78 is 11.1. The Hall–Kier alpha value is -2.74. The van der Waals surface area contributed by atoms with Gasteiger partial charge in [-0.05, 0) is 24.6 Å². The van der Waals surface area contributed by atoms with E-state index in [0.717, 1.165) is 28.3 Å². The number of aromatic nitrogens is 2. The predicted molar refractivity (Wildman–Crippen MR) is 95.9 cm³/mol. The molecule has 0 saturated heterocycles. The molecule has 0 unspecified atom stereocenters. The van der Waals surface area contributed by atoms with Crippen molar-refractivity contribution in [2.24, 2.45) is 0 Å². The minimum atomic E-state index is -0.252. The second-order valence-corrected chi connectivity index (χ2v) is 6.72. The van der Waals surface area contributed by atoms with E-state index in [4.69, 9.17) is 9.15 Å². The molecule has 3 aromatic rings. The number of benzene rings is 1. The Bertz CT molecular complexity index is 882. The van der Waals surface area contributed by atoms with Crippen LogP contribution in [0.25, 0.3) is 0 Å². The van der Waals surface area contributed by atoms with Crippen LogP contribution in [0, 0.1) is 6.92 Å². The fraction of sp³-hybridized carbons (Fsp3) is 0.294. The number of aromatic hydroxyl groups is 1. The van der Waals surface area contributed by atoms with E-state index >= 15 is 0 Å². The number of aromatic amines is 1. The summed E-state index contributed by atoms with van der Waals surface area (Å²) in [5.74, 6) is 0.701. The van der Waals surface area contributed by atoms with Crippen molar-refractivity contribution >= 4 is 17.4 Å². The molecule has 25 heavy (non-hydrogen) atoms. The van der Waals surface area contributed by atoms with E-state index in [0.29, 0.717) is 30.5 Å². The van der Waals surface area contributed by atoms with E-state index in [-0.39, 0.29) is 10.8 Å². The number of likely N-dealkylation sites (N-methyl/N-ethyl adjacent to an activating group) is 1. The number of thiazole rings is 1. The maximum absolute atomic E-state index is 11.2. The lowest BCUT2D eigenvalue weighted by molar-refractivity contribution is 0.323. The van der Waals surface area contributed by atoms with Gasteiger partial charge in [-0.1, -0.05) is 23.5 Å². The summed E-state index contributed by atoms with van der Waals surface area (Å²) in [6, 6.07) is 8.15. The van der Waals surface area contributed by atoms with Crippen LogP contribution in [0.5, 0.6) is 11.6 Å². The average Bonchev–Trinajstić information content (AvgIpc) is 3.14. The van der Waals surface area contributed by atoms with Crippen molar-refractivity contribution in [3.8, 4) is 11.6 Å². The number of hydrogen-bond donors (Lipinski definition) is 2. The van der Waals surface area contributed by atoms with Crippen LogP contribution in [-0.2, 0) is 6.42 Å². The monoisotopic (exact) mass is 361 g/mol. The third-order valence-corrected chi connectivity index (χ3v) is 4.49. The molecule has 0 spiro atoms. The molecule has 0 aliphatic carbocycles. The van der Waals surface area contributed by atoms with E-state index in [1.807, 2.05) is 43.1 Å². The van der Waals surface area contributed by atoms with Gasteiger partial charge in [0, 0.05) is 13.5 Å². The number of rotatable bonds is 7. The van der Waals surface area contributed by atoms with Gasteiger partial charge in [0.2, 0.25) is 5.88 Å². The first-order valence-corrected chi connectivity index (χ1v) is 8.59. The molecule has 0 aliphatic heterocycles. The lowest BCUT2D eigenvalue weighted by Gasteiger charge is -2.15. The lowest BCUT2D eigenvalue weighted by Crippen LogP contribution is -2.24. The van der Waals surface area contributed by atoms with Crippen LogP contribution in [0.15, 0.2) is 39.7 Å². The molecule has 3 rings (SSSR count). The van der Waals surface area contributed by atoms with Crippen LogP contribution in [0.3, 0.4) is 0 Å². The fourth-order valence-corrected chi connectivity index (χ4v) is 3.03. The number of nitrogens with zero attached hydrogens (tertiary/aromatic N) is 2. The van der Waals surface area contributed by atoms with Gasteiger partial charge in [0.25, 0.3) is 6.01 Å². The van der Waals surface area contributed by atoms with Crippen molar-refractivity contribution in [1.29, 1.82) is 0 Å². The van der Waals surface area contributed by atoms with Crippen LogP contribution < -0.4 is 14.5 Å². The Kier molecular flexibility index (Phi) is 5.08. The predicted octanol–water partition coefficient (Wildman–Crippen LogP) is 2.54. The highest BCUT2D eigenvalue weighted by Crippen LogP contribution is 2.21. The Morgan fingerprint density at radius 3 is 2.72 bits per heavy atom. The quantitative estimate of drug-likeness (QED) is 0.672. The number of ether oxygens (including phenoxy) is 1. The number of H-pyrrole nitrogens is 1. The van der Waals surface area contributed by atoms with Crippen molar-refractivity contribution < 1.29 is 14.3 Å². The zero-order chi connectivity index (χ0) is 17.8. The van der Waals surface area contributed by atoms with Gasteiger partial charge in [-0.3, -0.25) is 9.78 Å². The van der Waals surface area contributed by atoms with Crippen LogP contribution in [0.4, 0.5) is 6.01 Å². The average molecular weight is 361 g/mol. The molecule has 0 fully saturated rings. The van der Waals surface area contributed by atoms with Gasteiger partial charge >= 0.3 is 4.87 Å². The standard InChI is InChI=1S/C17H19N3O4S/c1-11-10-24-16(18-11)20(2)7-8-23-13-5-3-12(4-6-13)9-14-15(21)19-17(22)25-14/h3-6,10,21H,7-9H2,1-2H3,(H,19,22). The molecule has 1 aromatic carbocycles. The first-order chi connectivity index (χ1) is 12.0. The van der Waals surface area contributed by atoms with Crippen LogP contribution in [0.2, 0.25) is 0 Å². The molecule has 132 valence electrons. The van der Waals surface area contributed by atoms with Crippen LogP contribution in [-0.4, -0.2) is 35.3 Å². The van der Waals surface area contributed by atoms with Gasteiger partial charge in [0.1, 0.15) is 18.6 Å². The van der Waals surface area contributed by atoms with Crippen molar-refractivity contribution in [2.75, 3.05) is 25.1 Å². The summed E-state index contributed by atoms with van der Waals surface area (Å²) in [7, 11) is 1.90. The van der Waals surface area contributed by atoms with Gasteiger partial charge in [-0.2, -0.15) is 4.98 Å². The summed E-state index contributed by atoms with van der Waals surface area (Å²) in [6.07, 6.45) is 2.12. The molecular formula is C17H19N3O4S. The number of nitrogens with one attached hydrogen (secondary N) is 1. The zero-order valence-corrected chi connectivity index (χ0v) is 14.8. The van der Waals surface area contributed by atoms with E-state index in [1.165, 1.54) is 0 Å². The minimum Gasteiger partial charge on any atom is -0.494 e. The number of oxazole rings is 1. The third-order valence-electron chi connectivity index (χ3n) is 3.62. The molecular weight excluding hydrogens is 342 g/mol. The molecule has 2 N–H and O–H groups in total. The number of hydrogen-bond acceptors (Lipinski definition) is 7. The molecule has 0 amide bonds. The van der Waals surface area contributed by atoms with Crippen molar-refractivity contribution in [3.05, 3.63) is 56.3 Å². The Labute approximate surface area is 148 Å². The molecule has 0 aliphatic rings. The SMILES string of the molecule is Cc1coc(N(C)CCOc2ccc(Cc3sc(=O)[nH]c3O)cc2)n1. The molecule has 0 bridgehead atoms. The van der Waals surface area contributed by atoms with Gasteiger partial charge in [0.05, 0.1) is 17.1 Å². The molecule has 0 saturated carbocycles. The zero-order valence-electron chi connectivity index (χ0n) is 14.0. The van der Waals surface area contributed by atoms with Crippen molar-refractivity contribution in [2.45, 2.75) is 13.3 Å². The molecule has 7 nitrogen and oxygen atoms in total. The lowest BCUT2D eigenvalue weighted by atomic mass is 10.1. The number of anilines is 1. The molecule has 2 heterocycles. The minimum absolute atomic E-state index is 0.0554. The summed E-state index contributed by atoms with van der Waals surface area (Å²) in [6.45, 7) is 3.02. The highest BCUT2D eigenvalue weighted by Gasteiger charge is 2.09.